The Morgan fingerprint density at radius 2 is 2.54 bits per heavy atom. The fourth-order valence-corrected chi connectivity index (χ4v) is 1.67. The van der Waals surface area contributed by atoms with E-state index in [1.807, 2.05) is 0 Å². The Balaban J connectivity index is 1.68. The Hall–Kier alpha value is -0.680. The second-order valence-electron chi connectivity index (χ2n) is 3.37. The Morgan fingerprint density at radius 1 is 1.69 bits per heavy atom. The number of nitrogens with zero attached hydrogens (tertiary/aromatic N) is 3. The summed E-state index contributed by atoms with van der Waals surface area (Å²) in [5.41, 5.74) is 0. The van der Waals surface area contributed by atoms with E-state index in [1.165, 1.54) is 24.4 Å². The van der Waals surface area contributed by atoms with Gasteiger partial charge in [0.1, 0.15) is 6.33 Å². The average Bonchev–Trinajstić information content (AvgIpc) is 2.80. The maximum absolute atomic E-state index is 4.14. The van der Waals surface area contributed by atoms with Crippen LogP contribution in [0.15, 0.2) is 6.33 Å². The van der Waals surface area contributed by atoms with Crippen LogP contribution in [0.5, 0.6) is 0 Å². The van der Waals surface area contributed by atoms with Gasteiger partial charge in [-0.1, -0.05) is 0 Å². The molecule has 2 rings (SSSR count). The lowest BCUT2D eigenvalue weighted by atomic mass is 10.5. The zero-order valence-electron chi connectivity index (χ0n) is 7.73. The van der Waals surface area contributed by atoms with Crippen molar-refractivity contribution in [2.24, 2.45) is 0 Å². The summed E-state index contributed by atoms with van der Waals surface area (Å²) < 4.78 is 3.97. The molecule has 0 saturated heterocycles. The van der Waals surface area contributed by atoms with Gasteiger partial charge < -0.3 is 10.2 Å². The van der Waals surface area contributed by atoms with E-state index in [4.69, 9.17) is 0 Å². The number of aromatic nitrogens is 2. The molecule has 72 valence electrons. The molecule has 0 aromatic carbocycles. The molecule has 0 unspecified atom stereocenters. The summed E-state index contributed by atoms with van der Waals surface area (Å²) in [6.45, 7) is 2.05. The minimum atomic E-state index is 0.794. The predicted molar refractivity (Wildman–Crippen MR) is 54.2 cm³/mol. The van der Waals surface area contributed by atoms with Crippen LogP contribution in [0.3, 0.4) is 0 Å². The fourth-order valence-electron chi connectivity index (χ4n) is 1.15. The van der Waals surface area contributed by atoms with Crippen LogP contribution in [0, 0.1) is 0 Å². The standard InChI is InChI=1S/C8H14N4S/c1-12(8-10-6-11-13-8)5-4-9-7-2-3-7/h6-7,9H,2-5H2,1H3. The number of hydrogen-bond acceptors (Lipinski definition) is 5. The molecule has 5 heteroatoms. The summed E-state index contributed by atoms with van der Waals surface area (Å²) in [5, 5.41) is 4.46. The molecule has 1 aromatic heterocycles. The van der Waals surface area contributed by atoms with Gasteiger partial charge in [0, 0.05) is 37.7 Å². The zero-order valence-corrected chi connectivity index (χ0v) is 8.55. The number of hydrogen-bond donors (Lipinski definition) is 1. The highest BCUT2D eigenvalue weighted by Crippen LogP contribution is 2.18. The van der Waals surface area contributed by atoms with Crippen LogP contribution in [0.4, 0.5) is 5.13 Å². The van der Waals surface area contributed by atoms with Crippen molar-refractivity contribution in [2.45, 2.75) is 18.9 Å². The summed E-state index contributed by atoms with van der Waals surface area (Å²) in [7, 11) is 2.05. The Kier molecular flexibility index (Phi) is 2.75. The van der Waals surface area contributed by atoms with Crippen LogP contribution in [0.2, 0.25) is 0 Å². The topological polar surface area (TPSA) is 41.0 Å². The molecule has 0 spiro atoms. The summed E-state index contributed by atoms with van der Waals surface area (Å²) in [5.74, 6) is 0. The molecule has 1 fully saturated rings. The van der Waals surface area contributed by atoms with E-state index in [1.54, 1.807) is 6.33 Å². The van der Waals surface area contributed by atoms with Gasteiger partial charge in [-0.3, -0.25) is 0 Å². The van der Waals surface area contributed by atoms with Gasteiger partial charge in [0.15, 0.2) is 0 Å². The van der Waals surface area contributed by atoms with Gasteiger partial charge in [-0.15, -0.1) is 0 Å². The van der Waals surface area contributed by atoms with Crippen LogP contribution in [0.1, 0.15) is 12.8 Å². The molecule has 1 saturated carbocycles. The molecule has 0 atom stereocenters. The van der Waals surface area contributed by atoms with Gasteiger partial charge in [-0.05, 0) is 12.8 Å². The average molecular weight is 198 g/mol. The van der Waals surface area contributed by atoms with Crippen molar-refractivity contribution in [3.63, 3.8) is 0 Å². The molecule has 0 radical (unpaired) electrons. The van der Waals surface area contributed by atoms with E-state index >= 15 is 0 Å². The number of rotatable bonds is 5. The quantitative estimate of drug-likeness (QED) is 0.757. The van der Waals surface area contributed by atoms with E-state index in [-0.39, 0.29) is 0 Å². The smallest absolute Gasteiger partial charge is 0.204 e. The van der Waals surface area contributed by atoms with E-state index < -0.39 is 0 Å². The lowest BCUT2D eigenvalue weighted by molar-refractivity contribution is 0.674. The van der Waals surface area contributed by atoms with Gasteiger partial charge >= 0.3 is 0 Å². The van der Waals surface area contributed by atoms with Crippen molar-refractivity contribution in [1.82, 2.24) is 14.7 Å². The lowest BCUT2D eigenvalue weighted by Crippen LogP contribution is -2.30. The van der Waals surface area contributed by atoms with Crippen molar-refractivity contribution in [3.05, 3.63) is 6.33 Å². The molecule has 1 aliphatic carbocycles. The maximum Gasteiger partial charge on any atom is 0.204 e. The highest BCUT2D eigenvalue weighted by molar-refractivity contribution is 7.09. The first-order chi connectivity index (χ1) is 6.36. The molecule has 1 aromatic rings. The minimum Gasteiger partial charge on any atom is -0.349 e. The lowest BCUT2D eigenvalue weighted by Gasteiger charge is -2.14. The van der Waals surface area contributed by atoms with Crippen LogP contribution < -0.4 is 10.2 Å². The van der Waals surface area contributed by atoms with E-state index in [9.17, 15) is 0 Å². The van der Waals surface area contributed by atoms with E-state index in [0.717, 1.165) is 24.3 Å². The third-order valence-corrected chi connectivity index (χ3v) is 2.91. The third-order valence-electron chi connectivity index (χ3n) is 2.13. The molecule has 0 bridgehead atoms. The largest absolute Gasteiger partial charge is 0.349 e. The Bertz CT molecular complexity index is 245. The Labute approximate surface area is 82.1 Å². The van der Waals surface area contributed by atoms with Crippen molar-refractivity contribution >= 4 is 16.7 Å². The molecular formula is C8H14N4S. The van der Waals surface area contributed by atoms with Gasteiger partial charge in [0.2, 0.25) is 5.13 Å². The summed E-state index contributed by atoms with van der Waals surface area (Å²) >= 11 is 1.44. The Morgan fingerprint density at radius 3 is 3.15 bits per heavy atom. The van der Waals surface area contributed by atoms with Crippen molar-refractivity contribution in [3.8, 4) is 0 Å². The monoisotopic (exact) mass is 198 g/mol. The van der Waals surface area contributed by atoms with Crippen molar-refractivity contribution < 1.29 is 0 Å². The van der Waals surface area contributed by atoms with Crippen molar-refractivity contribution in [2.75, 3.05) is 25.0 Å². The second-order valence-corrected chi connectivity index (χ2v) is 4.13. The molecule has 0 amide bonds. The van der Waals surface area contributed by atoms with Crippen molar-refractivity contribution in [1.29, 1.82) is 0 Å². The SMILES string of the molecule is CN(CCNC1CC1)c1ncns1. The van der Waals surface area contributed by atoms with Gasteiger partial charge in [-0.2, -0.15) is 4.37 Å². The molecule has 1 heterocycles. The first-order valence-electron chi connectivity index (χ1n) is 4.57. The normalized spacial score (nSPS) is 16.1. The molecule has 13 heavy (non-hydrogen) atoms. The first kappa shape index (κ1) is 8.90. The minimum absolute atomic E-state index is 0.794. The van der Waals surface area contributed by atoms with Crippen LogP contribution in [-0.4, -0.2) is 35.5 Å². The molecule has 1 N–H and O–H groups in total. The first-order valence-corrected chi connectivity index (χ1v) is 5.35. The van der Waals surface area contributed by atoms with Gasteiger partial charge in [0.25, 0.3) is 0 Å². The van der Waals surface area contributed by atoms with E-state index in [2.05, 4.69) is 26.6 Å². The number of likely N-dealkylation sites (N-methyl/N-ethyl adjacent to an activating group) is 1. The van der Waals surface area contributed by atoms with E-state index in [0.29, 0.717) is 0 Å². The highest BCUT2D eigenvalue weighted by Gasteiger charge is 2.19. The number of anilines is 1. The summed E-state index contributed by atoms with van der Waals surface area (Å²) in [6.07, 6.45) is 4.30. The number of nitrogens with one attached hydrogen (secondary N) is 1. The maximum atomic E-state index is 4.14. The summed E-state index contributed by atoms with van der Waals surface area (Å²) in [4.78, 5) is 6.27. The van der Waals surface area contributed by atoms with Crippen LogP contribution >= 0.6 is 11.5 Å². The second kappa shape index (κ2) is 4.02. The molecule has 1 aliphatic rings. The molecule has 0 aliphatic heterocycles. The zero-order chi connectivity index (χ0) is 9.10. The summed E-state index contributed by atoms with van der Waals surface area (Å²) in [6, 6.07) is 0.794. The highest BCUT2D eigenvalue weighted by atomic mass is 32.1. The van der Waals surface area contributed by atoms with Gasteiger partial charge in [0.05, 0.1) is 0 Å². The van der Waals surface area contributed by atoms with Gasteiger partial charge in [-0.25, -0.2) is 4.98 Å². The third kappa shape index (κ3) is 2.63. The predicted octanol–water partition coefficient (Wildman–Crippen LogP) is 0.726. The van der Waals surface area contributed by atoms with Crippen LogP contribution in [0.25, 0.3) is 0 Å². The van der Waals surface area contributed by atoms with Crippen LogP contribution in [-0.2, 0) is 0 Å². The fraction of sp³-hybridized carbons (Fsp3) is 0.750. The molecular weight excluding hydrogens is 184 g/mol. The molecule has 4 nitrogen and oxygen atoms in total.